The third-order valence-corrected chi connectivity index (χ3v) is 6.08. The molecule has 0 radical (unpaired) electrons. The van der Waals surface area contributed by atoms with Crippen molar-refractivity contribution in [2.75, 3.05) is 40.4 Å². The third kappa shape index (κ3) is 4.82. The first-order valence-corrected chi connectivity index (χ1v) is 11.1. The first-order valence-electron chi connectivity index (χ1n) is 10.7. The van der Waals surface area contributed by atoms with Crippen molar-refractivity contribution in [1.29, 1.82) is 0 Å². The highest BCUT2D eigenvalue weighted by atomic mass is 35.5. The van der Waals surface area contributed by atoms with Crippen LogP contribution in [0.1, 0.15) is 31.1 Å². The molecule has 1 aromatic carbocycles. The van der Waals surface area contributed by atoms with Crippen molar-refractivity contribution in [3.63, 3.8) is 0 Å². The molecule has 3 rings (SSSR count). The van der Waals surface area contributed by atoms with Gasteiger partial charge in [-0.05, 0) is 31.3 Å². The Kier molecular flexibility index (Phi) is 7.94. The van der Waals surface area contributed by atoms with Crippen molar-refractivity contribution in [3.05, 3.63) is 58.4 Å². The SMILES string of the molecule is CCN(CC)CCN1C(=O)C(=O)/C(=C(/O)c2cc(OC)c(Cl)cc2OC)C1c1ccccn1. The molecule has 1 fully saturated rings. The number of aliphatic hydroxyl groups is 1. The number of benzene rings is 1. The predicted octanol–water partition coefficient (Wildman–Crippen LogP) is 3.52. The largest absolute Gasteiger partial charge is 0.507 e. The number of likely N-dealkylation sites (tertiary alicyclic amines) is 1. The number of aromatic nitrogens is 1. The maximum Gasteiger partial charge on any atom is 0.295 e. The number of hydrogen-bond acceptors (Lipinski definition) is 7. The Balaban J connectivity index is 2.17. The van der Waals surface area contributed by atoms with Crippen molar-refractivity contribution in [2.45, 2.75) is 19.9 Å². The molecule has 1 atom stereocenters. The smallest absolute Gasteiger partial charge is 0.295 e. The van der Waals surface area contributed by atoms with Crippen LogP contribution in [0.4, 0.5) is 0 Å². The lowest BCUT2D eigenvalue weighted by Gasteiger charge is -2.27. The van der Waals surface area contributed by atoms with Crippen LogP contribution in [0.5, 0.6) is 11.5 Å². The van der Waals surface area contributed by atoms with Gasteiger partial charge in [0, 0.05) is 25.4 Å². The van der Waals surface area contributed by atoms with Crippen molar-refractivity contribution in [3.8, 4) is 11.5 Å². The number of likely N-dealkylation sites (N-methyl/N-ethyl adjacent to an activating group) is 1. The summed E-state index contributed by atoms with van der Waals surface area (Å²) in [7, 11) is 2.87. The van der Waals surface area contributed by atoms with Crippen LogP contribution in [0.2, 0.25) is 5.02 Å². The molecule has 33 heavy (non-hydrogen) atoms. The quantitative estimate of drug-likeness (QED) is 0.338. The highest BCUT2D eigenvalue weighted by Crippen LogP contribution is 2.42. The fourth-order valence-corrected chi connectivity index (χ4v) is 4.17. The monoisotopic (exact) mass is 473 g/mol. The molecule has 1 aliphatic heterocycles. The standard InChI is InChI=1S/C24H28ClN3O5/c1-5-27(6-2)11-12-28-21(17-9-7-8-10-26-17)20(23(30)24(28)31)22(29)15-13-19(33-4)16(25)14-18(15)32-3/h7-10,13-14,21,29H,5-6,11-12H2,1-4H3/b22-20+. The van der Waals surface area contributed by atoms with E-state index in [0.29, 0.717) is 24.5 Å². The second kappa shape index (κ2) is 10.7. The van der Waals surface area contributed by atoms with Gasteiger partial charge in [0.2, 0.25) is 0 Å². The summed E-state index contributed by atoms with van der Waals surface area (Å²) in [5, 5.41) is 11.6. The zero-order valence-corrected chi connectivity index (χ0v) is 19.9. The minimum Gasteiger partial charge on any atom is -0.507 e. The van der Waals surface area contributed by atoms with E-state index in [4.69, 9.17) is 21.1 Å². The highest BCUT2D eigenvalue weighted by molar-refractivity contribution is 6.46. The number of ether oxygens (including phenoxy) is 2. The lowest BCUT2D eigenvalue weighted by molar-refractivity contribution is -0.140. The van der Waals surface area contributed by atoms with Gasteiger partial charge in [-0.3, -0.25) is 14.6 Å². The van der Waals surface area contributed by atoms with E-state index in [0.717, 1.165) is 13.1 Å². The minimum absolute atomic E-state index is 0.0547. The van der Waals surface area contributed by atoms with Gasteiger partial charge < -0.3 is 24.4 Å². The summed E-state index contributed by atoms with van der Waals surface area (Å²) in [6.45, 7) is 6.60. The van der Waals surface area contributed by atoms with Crippen molar-refractivity contribution in [1.82, 2.24) is 14.8 Å². The average Bonchev–Trinajstić information content (AvgIpc) is 3.09. The van der Waals surface area contributed by atoms with E-state index in [-0.39, 0.29) is 27.7 Å². The van der Waals surface area contributed by atoms with Gasteiger partial charge in [0.15, 0.2) is 0 Å². The molecule has 0 saturated carbocycles. The molecule has 2 heterocycles. The molecule has 8 nitrogen and oxygen atoms in total. The van der Waals surface area contributed by atoms with E-state index in [1.165, 1.54) is 31.3 Å². The summed E-state index contributed by atoms with van der Waals surface area (Å²) < 4.78 is 10.6. The van der Waals surface area contributed by atoms with Crippen LogP contribution in [0.3, 0.4) is 0 Å². The van der Waals surface area contributed by atoms with E-state index >= 15 is 0 Å². The van der Waals surface area contributed by atoms with Crippen molar-refractivity contribution in [2.24, 2.45) is 0 Å². The van der Waals surface area contributed by atoms with E-state index in [2.05, 4.69) is 9.88 Å². The Labute approximate surface area is 198 Å². The summed E-state index contributed by atoms with van der Waals surface area (Å²) in [5.41, 5.74) is 0.625. The summed E-state index contributed by atoms with van der Waals surface area (Å²) >= 11 is 6.20. The highest BCUT2D eigenvalue weighted by Gasteiger charge is 2.47. The number of methoxy groups -OCH3 is 2. The maximum absolute atomic E-state index is 13.2. The average molecular weight is 474 g/mol. The second-order valence-electron chi connectivity index (χ2n) is 7.46. The topological polar surface area (TPSA) is 92.2 Å². The van der Waals surface area contributed by atoms with Crippen LogP contribution in [-0.2, 0) is 9.59 Å². The van der Waals surface area contributed by atoms with Gasteiger partial charge in [0.05, 0.1) is 36.1 Å². The fraction of sp³-hybridized carbons (Fsp3) is 0.375. The number of carbonyl (C=O) groups excluding carboxylic acids is 2. The van der Waals surface area contributed by atoms with Gasteiger partial charge in [-0.1, -0.05) is 31.5 Å². The number of halogens is 1. The molecular weight excluding hydrogens is 446 g/mol. The molecule has 0 spiro atoms. The van der Waals surface area contributed by atoms with Gasteiger partial charge in [-0.25, -0.2) is 0 Å². The second-order valence-corrected chi connectivity index (χ2v) is 7.87. The van der Waals surface area contributed by atoms with Gasteiger partial charge in [0.25, 0.3) is 11.7 Å². The first-order chi connectivity index (χ1) is 15.9. The lowest BCUT2D eigenvalue weighted by atomic mass is 9.97. The van der Waals surface area contributed by atoms with Gasteiger partial charge in [0.1, 0.15) is 23.3 Å². The molecule has 1 saturated heterocycles. The Morgan fingerprint density at radius 1 is 1.15 bits per heavy atom. The van der Waals surface area contributed by atoms with E-state index in [1.807, 2.05) is 13.8 Å². The molecule has 176 valence electrons. The van der Waals surface area contributed by atoms with Crippen LogP contribution >= 0.6 is 11.6 Å². The van der Waals surface area contributed by atoms with E-state index < -0.39 is 17.7 Å². The Bertz CT molecular complexity index is 1050. The predicted molar refractivity (Wildman–Crippen MR) is 126 cm³/mol. The van der Waals surface area contributed by atoms with Crippen LogP contribution in [0, 0.1) is 0 Å². The Morgan fingerprint density at radius 3 is 2.42 bits per heavy atom. The lowest BCUT2D eigenvalue weighted by Crippen LogP contribution is -2.38. The number of Topliss-reactive ketones (excluding diaryl/α,β-unsaturated/α-hetero) is 1. The number of carbonyl (C=O) groups is 2. The van der Waals surface area contributed by atoms with Gasteiger partial charge >= 0.3 is 0 Å². The van der Waals surface area contributed by atoms with Crippen LogP contribution in [0.25, 0.3) is 5.76 Å². The number of ketones is 1. The zero-order chi connectivity index (χ0) is 24.1. The van der Waals surface area contributed by atoms with Gasteiger partial charge in [-0.2, -0.15) is 0 Å². The Morgan fingerprint density at radius 2 is 1.85 bits per heavy atom. The van der Waals surface area contributed by atoms with Crippen molar-refractivity contribution < 1.29 is 24.2 Å². The number of hydrogen-bond donors (Lipinski definition) is 1. The zero-order valence-electron chi connectivity index (χ0n) is 19.2. The third-order valence-electron chi connectivity index (χ3n) is 5.79. The molecule has 1 unspecified atom stereocenters. The molecule has 1 amide bonds. The molecule has 1 aliphatic rings. The molecule has 0 bridgehead atoms. The summed E-state index contributed by atoms with van der Waals surface area (Å²) in [4.78, 5) is 34.2. The number of amides is 1. The fourth-order valence-electron chi connectivity index (χ4n) is 3.94. The maximum atomic E-state index is 13.2. The molecule has 0 aliphatic carbocycles. The summed E-state index contributed by atoms with van der Waals surface area (Å²) in [6, 6.07) is 7.38. The van der Waals surface area contributed by atoms with Crippen LogP contribution in [-0.4, -0.2) is 72.0 Å². The number of nitrogens with zero attached hydrogens (tertiary/aromatic N) is 3. The van der Waals surface area contributed by atoms with Crippen LogP contribution in [0.15, 0.2) is 42.1 Å². The molecular formula is C24H28ClN3O5. The first kappa shape index (κ1) is 24.5. The molecule has 1 aromatic heterocycles. The Hall–Kier alpha value is -3.10. The van der Waals surface area contributed by atoms with Gasteiger partial charge in [-0.15, -0.1) is 0 Å². The van der Waals surface area contributed by atoms with E-state index in [9.17, 15) is 14.7 Å². The normalized spacial score (nSPS) is 17.6. The number of rotatable bonds is 9. The van der Waals surface area contributed by atoms with Crippen molar-refractivity contribution >= 4 is 29.1 Å². The minimum atomic E-state index is -0.840. The summed E-state index contributed by atoms with van der Waals surface area (Å²) in [5.74, 6) is -1.30. The molecule has 9 heteroatoms. The van der Waals surface area contributed by atoms with Crippen LogP contribution < -0.4 is 9.47 Å². The number of pyridine rings is 1. The summed E-state index contributed by atoms with van der Waals surface area (Å²) in [6.07, 6.45) is 1.59. The number of aliphatic hydroxyl groups excluding tert-OH is 1. The molecule has 1 N–H and O–H groups in total. The molecule has 2 aromatic rings. The van der Waals surface area contributed by atoms with E-state index in [1.54, 1.807) is 24.4 Å².